The number of halogens is 3. The van der Waals surface area contributed by atoms with Crippen molar-refractivity contribution in [1.82, 2.24) is 0 Å². The van der Waals surface area contributed by atoms with Crippen LogP contribution < -0.4 is 14.8 Å². The first kappa shape index (κ1) is 19.9. The molecule has 0 bridgehead atoms. The summed E-state index contributed by atoms with van der Waals surface area (Å²) in [5.41, 5.74) is 2.87. The Morgan fingerprint density at radius 3 is 2.44 bits per heavy atom. The quantitative estimate of drug-likeness (QED) is 0.408. The van der Waals surface area contributed by atoms with Crippen LogP contribution in [0.25, 0.3) is 0 Å². The number of nitrogens with one attached hydrogen (secondary N) is 1. The summed E-state index contributed by atoms with van der Waals surface area (Å²) in [6.45, 7) is 0.921. The van der Waals surface area contributed by atoms with Gasteiger partial charge in [0, 0.05) is 37.9 Å². The van der Waals surface area contributed by atoms with Crippen molar-refractivity contribution in [1.29, 1.82) is 0 Å². The molecule has 6 heteroatoms. The lowest BCUT2D eigenvalue weighted by molar-refractivity contribution is 0.282. The number of ether oxygens (including phenoxy) is 2. The number of hydrogen-bond donors (Lipinski definition) is 1. The van der Waals surface area contributed by atoms with Crippen LogP contribution in [0, 0.1) is 0 Å². The van der Waals surface area contributed by atoms with Crippen molar-refractivity contribution in [3.05, 3.63) is 86.3 Å². The second kappa shape index (κ2) is 9.36. The van der Waals surface area contributed by atoms with Crippen molar-refractivity contribution < 1.29 is 9.47 Å². The zero-order valence-corrected chi connectivity index (χ0v) is 17.7. The zero-order chi connectivity index (χ0) is 19.2. The van der Waals surface area contributed by atoms with Crippen LogP contribution in [-0.2, 0) is 13.2 Å². The van der Waals surface area contributed by atoms with E-state index in [0.717, 1.165) is 21.3 Å². The van der Waals surface area contributed by atoms with E-state index in [-0.39, 0.29) is 0 Å². The van der Waals surface area contributed by atoms with E-state index in [1.54, 1.807) is 19.2 Å². The Morgan fingerprint density at radius 2 is 1.74 bits per heavy atom. The Balaban J connectivity index is 1.77. The topological polar surface area (TPSA) is 30.5 Å². The van der Waals surface area contributed by atoms with Gasteiger partial charge in [0.1, 0.15) is 6.61 Å². The molecule has 0 saturated carbocycles. The van der Waals surface area contributed by atoms with Gasteiger partial charge in [-0.1, -0.05) is 57.3 Å². The second-order valence-corrected chi connectivity index (χ2v) is 7.59. The second-order valence-electron chi connectivity index (χ2n) is 5.83. The highest BCUT2D eigenvalue weighted by Crippen LogP contribution is 2.33. The average molecular weight is 467 g/mol. The van der Waals surface area contributed by atoms with Crippen LogP contribution in [0.1, 0.15) is 11.1 Å². The molecule has 3 rings (SSSR count). The molecule has 3 aromatic rings. The third-order valence-electron chi connectivity index (χ3n) is 3.99. The number of benzene rings is 3. The molecule has 0 heterocycles. The highest BCUT2D eigenvalue weighted by atomic mass is 79.9. The summed E-state index contributed by atoms with van der Waals surface area (Å²) in [6, 6.07) is 19.2. The van der Waals surface area contributed by atoms with Crippen molar-refractivity contribution in [2.75, 3.05) is 12.4 Å². The van der Waals surface area contributed by atoms with Crippen LogP contribution in [0.5, 0.6) is 11.5 Å². The van der Waals surface area contributed by atoms with E-state index in [1.165, 1.54) is 0 Å². The van der Waals surface area contributed by atoms with E-state index in [4.69, 9.17) is 32.7 Å². The molecule has 3 nitrogen and oxygen atoms in total. The molecule has 1 N–H and O–H groups in total. The maximum Gasteiger partial charge on any atom is 0.166 e. The minimum Gasteiger partial charge on any atom is -0.493 e. The monoisotopic (exact) mass is 465 g/mol. The van der Waals surface area contributed by atoms with Gasteiger partial charge in [0.15, 0.2) is 11.5 Å². The molecule has 0 atom stereocenters. The lowest BCUT2D eigenvalue weighted by Gasteiger charge is -2.16. The molecule has 0 radical (unpaired) electrons. The third-order valence-corrected chi connectivity index (χ3v) is 5.11. The van der Waals surface area contributed by atoms with Gasteiger partial charge in [0.05, 0.1) is 7.11 Å². The van der Waals surface area contributed by atoms with Gasteiger partial charge in [-0.3, -0.25) is 0 Å². The summed E-state index contributed by atoms with van der Waals surface area (Å²) in [5.74, 6) is 1.37. The number of anilines is 1. The molecule has 140 valence electrons. The predicted octanol–water partition coefficient (Wildman–Crippen LogP) is 6.96. The molecule has 0 aromatic heterocycles. The predicted molar refractivity (Wildman–Crippen MR) is 115 cm³/mol. The smallest absolute Gasteiger partial charge is 0.166 e. The van der Waals surface area contributed by atoms with Crippen molar-refractivity contribution in [2.45, 2.75) is 13.2 Å². The molecular formula is C21H18BrCl2NO2. The van der Waals surface area contributed by atoms with Gasteiger partial charge in [-0.2, -0.15) is 0 Å². The highest BCUT2D eigenvalue weighted by molar-refractivity contribution is 9.10. The van der Waals surface area contributed by atoms with E-state index >= 15 is 0 Å². The molecule has 0 saturated heterocycles. The van der Waals surface area contributed by atoms with Crippen molar-refractivity contribution in [3.63, 3.8) is 0 Å². The summed E-state index contributed by atoms with van der Waals surface area (Å²) < 4.78 is 12.6. The van der Waals surface area contributed by atoms with Gasteiger partial charge in [0.25, 0.3) is 0 Å². The first-order chi connectivity index (χ1) is 13.1. The molecule has 0 fully saturated rings. The van der Waals surface area contributed by atoms with Crippen molar-refractivity contribution >= 4 is 44.8 Å². The summed E-state index contributed by atoms with van der Waals surface area (Å²) in [4.78, 5) is 0. The van der Waals surface area contributed by atoms with Crippen molar-refractivity contribution in [2.24, 2.45) is 0 Å². The minimum absolute atomic E-state index is 0.321. The average Bonchev–Trinajstić information content (AvgIpc) is 2.67. The fraction of sp³-hybridized carbons (Fsp3) is 0.143. The highest BCUT2D eigenvalue weighted by Gasteiger charge is 2.12. The number of methoxy groups -OCH3 is 1. The lowest BCUT2D eigenvalue weighted by atomic mass is 10.1. The van der Waals surface area contributed by atoms with Gasteiger partial charge in [-0.05, 0) is 42.5 Å². The van der Waals surface area contributed by atoms with Crippen LogP contribution >= 0.6 is 39.1 Å². The maximum absolute atomic E-state index is 6.25. The van der Waals surface area contributed by atoms with Gasteiger partial charge in [-0.15, -0.1) is 0 Å². The van der Waals surface area contributed by atoms with E-state index in [2.05, 4.69) is 21.2 Å². The summed E-state index contributed by atoms with van der Waals surface area (Å²) in [5, 5.41) is 4.57. The number of para-hydroxylation sites is 1. The first-order valence-electron chi connectivity index (χ1n) is 8.29. The molecule has 0 spiro atoms. The van der Waals surface area contributed by atoms with E-state index in [9.17, 15) is 0 Å². The fourth-order valence-corrected chi connectivity index (χ4v) is 3.31. The number of hydrogen-bond acceptors (Lipinski definition) is 3. The van der Waals surface area contributed by atoms with Crippen LogP contribution in [0.15, 0.2) is 65.1 Å². The maximum atomic E-state index is 6.25. The lowest BCUT2D eigenvalue weighted by Crippen LogP contribution is -2.05. The molecule has 0 unspecified atom stereocenters. The SMILES string of the molecule is COc1cccc(CNc2ccc(Br)cc2)c1OCc1ccc(Cl)cc1Cl. The molecular weight excluding hydrogens is 449 g/mol. The number of rotatable bonds is 7. The molecule has 0 aliphatic heterocycles. The zero-order valence-electron chi connectivity index (χ0n) is 14.6. The van der Waals surface area contributed by atoms with Crippen LogP contribution in [0.3, 0.4) is 0 Å². The van der Waals surface area contributed by atoms with Crippen LogP contribution in [0.4, 0.5) is 5.69 Å². The van der Waals surface area contributed by atoms with E-state index in [1.807, 2.05) is 48.5 Å². The van der Waals surface area contributed by atoms with Crippen LogP contribution in [0.2, 0.25) is 10.0 Å². The molecule has 27 heavy (non-hydrogen) atoms. The fourth-order valence-electron chi connectivity index (χ4n) is 2.58. The molecule has 0 aliphatic rings. The van der Waals surface area contributed by atoms with Gasteiger partial charge < -0.3 is 14.8 Å². The summed E-state index contributed by atoms with van der Waals surface area (Å²) >= 11 is 15.7. The Hall–Kier alpha value is -1.88. The summed E-state index contributed by atoms with van der Waals surface area (Å²) in [6.07, 6.45) is 0. The Labute approximate surface area is 177 Å². The Morgan fingerprint density at radius 1 is 0.963 bits per heavy atom. The molecule has 0 amide bonds. The van der Waals surface area contributed by atoms with Crippen molar-refractivity contribution in [3.8, 4) is 11.5 Å². The molecule has 0 aliphatic carbocycles. The van der Waals surface area contributed by atoms with Gasteiger partial charge >= 0.3 is 0 Å². The van der Waals surface area contributed by atoms with E-state index in [0.29, 0.717) is 34.7 Å². The van der Waals surface area contributed by atoms with Crippen LogP contribution in [-0.4, -0.2) is 7.11 Å². The minimum atomic E-state index is 0.321. The first-order valence-corrected chi connectivity index (χ1v) is 9.84. The standard InChI is InChI=1S/C21H18BrCl2NO2/c1-26-20-4-2-3-14(12-25-18-9-6-16(22)7-10-18)21(20)27-13-15-5-8-17(23)11-19(15)24/h2-11,25H,12-13H2,1H3. The van der Waals surface area contributed by atoms with Gasteiger partial charge in [0.2, 0.25) is 0 Å². The Kier molecular flexibility index (Phi) is 6.89. The largest absolute Gasteiger partial charge is 0.493 e. The third kappa shape index (κ3) is 5.32. The normalized spacial score (nSPS) is 10.5. The van der Waals surface area contributed by atoms with E-state index < -0.39 is 0 Å². The molecule has 3 aromatic carbocycles. The van der Waals surface area contributed by atoms with Gasteiger partial charge in [-0.25, -0.2) is 0 Å². The summed E-state index contributed by atoms with van der Waals surface area (Å²) in [7, 11) is 1.63. The Bertz CT molecular complexity index is 917.